The third kappa shape index (κ3) is 3.89. The number of rotatable bonds is 2. The van der Waals surface area contributed by atoms with Crippen LogP contribution in [0.1, 0.15) is 11.3 Å². The summed E-state index contributed by atoms with van der Waals surface area (Å²) in [4.78, 5) is 4.12. The van der Waals surface area contributed by atoms with E-state index in [1.807, 2.05) is 24.3 Å². The second-order valence-corrected chi connectivity index (χ2v) is 3.37. The summed E-state index contributed by atoms with van der Waals surface area (Å²) < 4.78 is 12.6. The van der Waals surface area contributed by atoms with Gasteiger partial charge in [-0.25, -0.2) is 9.37 Å². The highest BCUT2D eigenvalue weighted by Crippen LogP contribution is 2.08. The number of benzene rings is 1. The normalized spacial score (nSPS) is 10.2. The van der Waals surface area contributed by atoms with Crippen molar-refractivity contribution in [1.29, 1.82) is 0 Å². The van der Waals surface area contributed by atoms with Crippen molar-refractivity contribution < 1.29 is 4.39 Å². The lowest BCUT2D eigenvalue weighted by Crippen LogP contribution is -1.90. The van der Waals surface area contributed by atoms with E-state index in [9.17, 15) is 4.39 Å². The molecule has 0 saturated carbocycles. The minimum Gasteiger partial charge on any atom is -0.384 e. The Morgan fingerprint density at radius 1 is 1.00 bits per heavy atom. The van der Waals surface area contributed by atoms with Gasteiger partial charge in [0.15, 0.2) is 0 Å². The summed E-state index contributed by atoms with van der Waals surface area (Å²) in [5, 5.41) is 0. The lowest BCUT2D eigenvalue weighted by Gasteiger charge is -1.95. The second kappa shape index (κ2) is 6.01. The van der Waals surface area contributed by atoms with Crippen molar-refractivity contribution >= 4 is 30.4 Å². The first kappa shape index (κ1) is 13.2. The van der Waals surface area contributed by atoms with Crippen molar-refractivity contribution in [3.05, 3.63) is 59.5 Å². The Hall–Kier alpha value is -1.87. The third-order valence-electron chi connectivity index (χ3n) is 2.11. The zero-order chi connectivity index (χ0) is 11.4. The number of pyridine rings is 1. The lowest BCUT2D eigenvalue weighted by atomic mass is 10.2. The molecule has 1 aromatic carbocycles. The molecule has 2 rings (SSSR count). The summed E-state index contributed by atoms with van der Waals surface area (Å²) in [5.41, 5.74) is 7.26. The Morgan fingerprint density at radius 3 is 2.35 bits per heavy atom. The van der Waals surface area contributed by atoms with Gasteiger partial charge in [-0.15, -0.1) is 12.4 Å². The largest absolute Gasteiger partial charge is 0.384 e. The number of anilines is 1. The van der Waals surface area contributed by atoms with Gasteiger partial charge in [-0.3, -0.25) is 0 Å². The molecular weight excluding hydrogens is 239 g/mol. The number of nitrogen functional groups attached to an aromatic ring is 1. The smallest absolute Gasteiger partial charge is 0.124 e. The highest BCUT2D eigenvalue weighted by atomic mass is 35.5. The highest BCUT2D eigenvalue weighted by Gasteiger charge is 1.91. The summed E-state index contributed by atoms with van der Waals surface area (Å²) in [6, 6.07) is 11.7. The van der Waals surface area contributed by atoms with E-state index in [2.05, 4.69) is 4.98 Å². The quantitative estimate of drug-likeness (QED) is 0.887. The first-order valence-electron chi connectivity index (χ1n) is 4.90. The molecular formula is C13H12ClFN2. The lowest BCUT2D eigenvalue weighted by molar-refractivity contribution is 0.628. The van der Waals surface area contributed by atoms with Crippen molar-refractivity contribution in [3.8, 4) is 0 Å². The molecule has 0 aliphatic carbocycles. The maximum atomic E-state index is 12.6. The van der Waals surface area contributed by atoms with Crippen LogP contribution in [0, 0.1) is 5.82 Å². The Kier molecular flexibility index (Phi) is 4.67. The molecule has 4 heteroatoms. The van der Waals surface area contributed by atoms with Gasteiger partial charge in [0.05, 0.1) is 5.69 Å². The molecule has 2 N–H and O–H groups in total. The van der Waals surface area contributed by atoms with Crippen molar-refractivity contribution in [3.63, 3.8) is 0 Å². The van der Waals surface area contributed by atoms with Crippen molar-refractivity contribution in [1.82, 2.24) is 4.98 Å². The van der Waals surface area contributed by atoms with Gasteiger partial charge in [0.1, 0.15) is 11.6 Å². The third-order valence-corrected chi connectivity index (χ3v) is 2.11. The van der Waals surface area contributed by atoms with Gasteiger partial charge in [0.2, 0.25) is 0 Å². The summed E-state index contributed by atoms with van der Waals surface area (Å²) in [5.74, 6) is 0.250. The molecule has 88 valence electrons. The Balaban J connectivity index is 0.00000144. The zero-order valence-electron chi connectivity index (χ0n) is 9.01. The first-order valence-corrected chi connectivity index (χ1v) is 4.90. The standard InChI is InChI=1S/C13H11FN2.ClH/c14-11-7-4-10(5-8-11)6-9-12-2-1-3-13(15)16-12;/h1-9H,(H2,15,16);1H/b9-6+;. The molecule has 0 bridgehead atoms. The van der Waals surface area contributed by atoms with Crippen LogP contribution in [0.4, 0.5) is 10.2 Å². The highest BCUT2D eigenvalue weighted by molar-refractivity contribution is 5.85. The molecule has 17 heavy (non-hydrogen) atoms. The average molecular weight is 251 g/mol. The van der Waals surface area contributed by atoms with Crippen LogP contribution < -0.4 is 5.73 Å². The topological polar surface area (TPSA) is 38.9 Å². The summed E-state index contributed by atoms with van der Waals surface area (Å²) in [6.07, 6.45) is 3.70. The van der Waals surface area contributed by atoms with Gasteiger partial charge in [-0.05, 0) is 35.9 Å². The Bertz CT molecular complexity index is 509. The van der Waals surface area contributed by atoms with Gasteiger partial charge >= 0.3 is 0 Å². The number of hydrogen-bond donors (Lipinski definition) is 1. The van der Waals surface area contributed by atoms with E-state index in [0.29, 0.717) is 5.82 Å². The van der Waals surface area contributed by atoms with E-state index in [1.54, 1.807) is 18.2 Å². The van der Waals surface area contributed by atoms with E-state index in [4.69, 9.17) is 5.73 Å². The van der Waals surface area contributed by atoms with E-state index in [1.165, 1.54) is 12.1 Å². The van der Waals surface area contributed by atoms with Gasteiger partial charge in [-0.2, -0.15) is 0 Å². The van der Waals surface area contributed by atoms with E-state index in [0.717, 1.165) is 11.3 Å². The first-order chi connectivity index (χ1) is 7.74. The van der Waals surface area contributed by atoms with E-state index >= 15 is 0 Å². The Labute approximate surface area is 105 Å². The number of hydrogen-bond acceptors (Lipinski definition) is 2. The fourth-order valence-corrected chi connectivity index (χ4v) is 1.32. The molecule has 0 unspecified atom stereocenters. The maximum absolute atomic E-state index is 12.6. The predicted molar refractivity (Wildman–Crippen MR) is 71.2 cm³/mol. The molecule has 0 spiro atoms. The molecule has 1 heterocycles. The number of halogens is 2. The zero-order valence-corrected chi connectivity index (χ0v) is 9.82. The van der Waals surface area contributed by atoms with Gasteiger partial charge in [0, 0.05) is 0 Å². The molecule has 0 aliphatic rings. The second-order valence-electron chi connectivity index (χ2n) is 3.37. The monoisotopic (exact) mass is 250 g/mol. The van der Waals surface area contributed by atoms with Crippen molar-refractivity contribution in [2.45, 2.75) is 0 Å². The maximum Gasteiger partial charge on any atom is 0.124 e. The van der Waals surface area contributed by atoms with Gasteiger partial charge in [0.25, 0.3) is 0 Å². The van der Waals surface area contributed by atoms with Crippen LogP contribution in [-0.2, 0) is 0 Å². The van der Waals surface area contributed by atoms with Crippen LogP contribution >= 0.6 is 12.4 Å². The van der Waals surface area contributed by atoms with Crippen molar-refractivity contribution in [2.75, 3.05) is 5.73 Å². The number of nitrogens with zero attached hydrogens (tertiary/aromatic N) is 1. The molecule has 2 nitrogen and oxygen atoms in total. The molecule has 0 amide bonds. The van der Waals surface area contributed by atoms with Gasteiger partial charge < -0.3 is 5.73 Å². The minimum atomic E-state index is -0.237. The summed E-state index contributed by atoms with van der Waals surface area (Å²) >= 11 is 0. The van der Waals surface area contributed by atoms with Crippen LogP contribution in [-0.4, -0.2) is 4.98 Å². The van der Waals surface area contributed by atoms with Crippen LogP contribution in [0.15, 0.2) is 42.5 Å². The van der Waals surface area contributed by atoms with E-state index in [-0.39, 0.29) is 18.2 Å². The fraction of sp³-hybridized carbons (Fsp3) is 0. The molecule has 2 aromatic rings. The number of aromatic nitrogens is 1. The molecule has 0 atom stereocenters. The van der Waals surface area contributed by atoms with Crippen LogP contribution in [0.3, 0.4) is 0 Å². The molecule has 1 aromatic heterocycles. The SMILES string of the molecule is Cl.Nc1cccc(/C=C/c2ccc(F)cc2)n1. The number of nitrogens with two attached hydrogens (primary N) is 1. The van der Waals surface area contributed by atoms with Crippen LogP contribution in [0.5, 0.6) is 0 Å². The summed E-state index contributed by atoms with van der Waals surface area (Å²) in [7, 11) is 0. The average Bonchev–Trinajstić information content (AvgIpc) is 2.28. The van der Waals surface area contributed by atoms with E-state index < -0.39 is 0 Å². The Morgan fingerprint density at radius 2 is 1.71 bits per heavy atom. The van der Waals surface area contributed by atoms with Crippen LogP contribution in [0.25, 0.3) is 12.2 Å². The molecule has 0 aliphatic heterocycles. The fourth-order valence-electron chi connectivity index (χ4n) is 1.32. The minimum absolute atomic E-state index is 0. The molecule has 0 saturated heterocycles. The molecule has 0 radical (unpaired) electrons. The summed E-state index contributed by atoms with van der Waals surface area (Å²) in [6.45, 7) is 0. The van der Waals surface area contributed by atoms with Gasteiger partial charge in [-0.1, -0.05) is 24.3 Å². The molecule has 0 fully saturated rings. The van der Waals surface area contributed by atoms with Crippen molar-refractivity contribution in [2.24, 2.45) is 0 Å². The van der Waals surface area contributed by atoms with Crippen LogP contribution in [0.2, 0.25) is 0 Å². The predicted octanol–water partition coefficient (Wildman–Crippen LogP) is 3.40.